The first-order valence-electron chi connectivity index (χ1n) is 8.73. The monoisotopic (exact) mass is 336 g/mol. The zero-order chi connectivity index (χ0) is 16.9. The fourth-order valence-electron chi connectivity index (χ4n) is 2.89. The van der Waals surface area contributed by atoms with E-state index in [1.165, 1.54) is 19.3 Å². The van der Waals surface area contributed by atoms with E-state index in [9.17, 15) is 0 Å². The summed E-state index contributed by atoms with van der Waals surface area (Å²) in [6, 6.07) is 7.70. The minimum Gasteiger partial charge on any atom is -0.467 e. The number of hydrogen-bond donors (Lipinski definition) is 1. The molecule has 1 aromatic rings. The fraction of sp³-hybridized carbons (Fsp3) is 0.667. The highest BCUT2D eigenvalue weighted by Gasteiger charge is 2.20. The van der Waals surface area contributed by atoms with Gasteiger partial charge in [0.1, 0.15) is 5.75 Å². The van der Waals surface area contributed by atoms with Crippen LogP contribution in [-0.2, 0) is 4.74 Å². The summed E-state index contributed by atoms with van der Waals surface area (Å²) in [5.74, 6) is 0.781. The van der Waals surface area contributed by atoms with Gasteiger partial charge in [-0.3, -0.25) is 0 Å². The Hall–Kier alpha value is -1.20. The number of rotatable bonds is 7. The molecule has 0 saturated carbocycles. The smallest absolute Gasteiger partial charge is 0.189 e. The second-order valence-corrected chi connectivity index (χ2v) is 13.4. The Morgan fingerprint density at radius 3 is 2.70 bits per heavy atom. The zero-order valence-electron chi connectivity index (χ0n) is 15.1. The molecule has 23 heavy (non-hydrogen) atoms. The van der Waals surface area contributed by atoms with E-state index < -0.39 is 8.07 Å². The van der Waals surface area contributed by atoms with Gasteiger partial charge in [-0.15, -0.1) is 0 Å². The van der Waals surface area contributed by atoms with Crippen LogP contribution in [0.3, 0.4) is 0 Å². The Morgan fingerprint density at radius 2 is 2.04 bits per heavy atom. The minimum atomic E-state index is -1.03. The summed E-state index contributed by atoms with van der Waals surface area (Å²) in [5, 5.41) is 0. The first kappa shape index (κ1) is 18.1. The molecular formula is C18H32N2O2Si. The first-order chi connectivity index (χ1) is 10.9. The van der Waals surface area contributed by atoms with E-state index >= 15 is 0 Å². The number of benzene rings is 1. The van der Waals surface area contributed by atoms with Crippen LogP contribution in [0.1, 0.15) is 26.2 Å². The van der Waals surface area contributed by atoms with Crippen LogP contribution in [0.2, 0.25) is 25.7 Å². The zero-order valence-corrected chi connectivity index (χ0v) is 16.1. The Kier molecular flexibility index (Phi) is 6.36. The van der Waals surface area contributed by atoms with Gasteiger partial charge in [-0.1, -0.05) is 19.6 Å². The number of nitrogen functional groups attached to an aromatic ring is 1. The van der Waals surface area contributed by atoms with Gasteiger partial charge in [0.05, 0.1) is 11.4 Å². The lowest BCUT2D eigenvalue weighted by Crippen LogP contribution is -2.37. The van der Waals surface area contributed by atoms with Gasteiger partial charge in [0, 0.05) is 33.3 Å². The van der Waals surface area contributed by atoms with Crippen molar-refractivity contribution >= 4 is 19.4 Å². The molecule has 1 aliphatic heterocycles. The van der Waals surface area contributed by atoms with E-state index in [2.05, 4.69) is 37.5 Å². The summed E-state index contributed by atoms with van der Waals surface area (Å²) in [4.78, 5) is 2.41. The predicted molar refractivity (Wildman–Crippen MR) is 101 cm³/mol. The molecule has 1 aromatic carbocycles. The molecule has 4 nitrogen and oxygen atoms in total. The number of ether oxygens (including phenoxy) is 2. The maximum atomic E-state index is 6.24. The van der Waals surface area contributed by atoms with Gasteiger partial charge in [0.2, 0.25) is 0 Å². The van der Waals surface area contributed by atoms with E-state index in [-0.39, 0.29) is 0 Å². The number of nitrogens with zero attached hydrogens (tertiary/aromatic N) is 1. The molecule has 1 aliphatic rings. The van der Waals surface area contributed by atoms with Crippen molar-refractivity contribution in [1.82, 2.24) is 0 Å². The number of hydrogen-bond acceptors (Lipinski definition) is 4. The summed E-state index contributed by atoms with van der Waals surface area (Å²) in [5.41, 5.74) is 8.16. The van der Waals surface area contributed by atoms with Gasteiger partial charge in [0.25, 0.3) is 0 Å². The fourth-order valence-corrected chi connectivity index (χ4v) is 3.64. The lowest BCUT2D eigenvalue weighted by atomic mass is 10.0. The van der Waals surface area contributed by atoms with Gasteiger partial charge in [-0.2, -0.15) is 0 Å². The summed E-state index contributed by atoms with van der Waals surface area (Å²) in [7, 11) is -1.03. The molecule has 5 heteroatoms. The Morgan fingerprint density at radius 1 is 1.26 bits per heavy atom. The Labute approximate surface area is 142 Å². The van der Waals surface area contributed by atoms with Crippen LogP contribution in [0.25, 0.3) is 0 Å². The molecule has 130 valence electrons. The van der Waals surface area contributed by atoms with Crippen LogP contribution in [0.15, 0.2) is 18.2 Å². The topological polar surface area (TPSA) is 47.7 Å². The molecule has 2 N–H and O–H groups in total. The molecular weight excluding hydrogens is 304 g/mol. The van der Waals surface area contributed by atoms with Crippen molar-refractivity contribution in [1.29, 1.82) is 0 Å². The second-order valence-electron chi connectivity index (χ2n) is 7.74. The highest BCUT2D eigenvalue weighted by atomic mass is 28.3. The third-order valence-corrected chi connectivity index (χ3v) is 6.12. The van der Waals surface area contributed by atoms with Crippen molar-refractivity contribution in [3.63, 3.8) is 0 Å². The lowest BCUT2D eigenvalue weighted by molar-refractivity contribution is 0.0221. The van der Waals surface area contributed by atoms with Crippen LogP contribution >= 0.6 is 0 Å². The predicted octanol–water partition coefficient (Wildman–Crippen LogP) is 4.34. The molecule has 0 bridgehead atoms. The van der Waals surface area contributed by atoms with Gasteiger partial charge in [-0.25, -0.2) is 0 Å². The van der Waals surface area contributed by atoms with Crippen LogP contribution < -0.4 is 15.4 Å². The van der Waals surface area contributed by atoms with Gasteiger partial charge < -0.3 is 20.1 Å². The van der Waals surface area contributed by atoms with Crippen LogP contribution in [0.4, 0.5) is 11.4 Å². The molecule has 1 unspecified atom stereocenters. The first-order valence-corrected chi connectivity index (χ1v) is 12.4. The lowest BCUT2D eigenvalue weighted by Gasteiger charge is -2.36. The molecule has 1 heterocycles. The SMILES string of the molecule is CC1CCCCN1c1ccc(OCOCC[Si](C)(C)C)cc1N. The molecule has 0 amide bonds. The maximum Gasteiger partial charge on any atom is 0.189 e. The van der Waals surface area contributed by atoms with E-state index in [4.69, 9.17) is 15.2 Å². The Bertz CT molecular complexity index is 502. The summed E-state index contributed by atoms with van der Waals surface area (Å²) < 4.78 is 11.2. The van der Waals surface area contributed by atoms with Gasteiger partial charge >= 0.3 is 0 Å². The molecule has 0 aliphatic carbocycles. The van der Waals surface area contributed by atoms with E-state index in [0.717, 1.165) is 36.3 Å². The average Bonchev–Trinajstić information content (AvgIpc) is 2.47. The van der Waals surface area contributed by atoms with Crippen molar-refractivity contribution in [3.05, 3.63) is 18.2 Å². The normalized spacial score (nSPS) is 19.0. The highest BCUT2D eigenvalue weighted by Crippen LogP contribution is 2.32. The van der Waals surface area contributed by atoms with Gasteiger partial charge in [0.15, 0.2) is 6.79 Å². The van der Waals surface area contributed by atoms with Crippen molar-refractivity contribution in [3.8, 4) is 5.75 Å². The number of piperidine rings is 1. The summed E-state index contributed by atoms with van der Waals surface area (Å²) >= 11 is 0. The quantitative estimate of drug-likeness (QED) is 0.348. The van der Waals surface area contributed by atoms with Crippen LogP contribution in [0, 0.1) is 0 Å². The van der Waals surface area contributed by atoms with Gasteiger partial charge in [-0.05, 0) is 44.4 Å². The highest BCUT2D eigenvalue weighted by molar-refractivity contribution is 6.76. The Balaban J connectivity index is 1.84. The molecule has 1 fully saturated rings. The van der Waals surface area contributed by atoms with Crippen molar-refractivity contribution in [2.24, 2.45) is 0 Å². The molecule has 1 atom stereocenters. The molecule has 0 spiro atoms. The minimum absolute atomic E-state index is 0.295. The third kappa shape index (κ3) is 5.73. The largest absolute Gasteiger partial charge is 0.467 e. The van der Waals surface area contributed by atoms with Crippen LogP contribution in [0.5, 0.6) is 5.75 Å². The standard InChI is InChI=1S/C18H32N2O2Si/c1-15-7-5-6-10-20(15)18-9-8-16(13-17(18)19)22-14-21-11-12-23(2,3)4/h8-9,13,15H,5-7,10-12,14,19H2,1-4H3. The van der Waals surface area contributed by atoms with E-state index in [1.807, 2.05) is 12.1 Å². The van der Waals surface area contributed by atoms with E-state index in [1.54, 1.807) is 0 Å². The number of anilines is 2. The average molecular weight is 337 g/mol. The second kappa shape index (κ2) is 8.06. The molecule has 0 aromatic heterocycles. The summed E-state index contributed by atoms with van der Waals surface area (Å²) in [6.07, 6.45) is 3.79. The molecule has 2 rings (SSSR count). The maximum absolute atomic E-state index is 6.24. The molecule has 0 radical (unpaired) electrons. The van der Waals surface area contributed by atoms with Crippen molar-refractivity contribution in [2.75, 3.05) is 30.6 Å². The summed E-state index contributed by atoms with van der Waals surface area (Å²) in [6.45, 7) is 11.5. The van der Waals surface area contributed by atoms with Crippen molar-refractivity contribution in [2.45, 2.75) is 57.9 Å². The van der Waals surface area contributed by atoms with Crippen LogP contribution in [-0.4, -0.2) is 34.1 Å². The third-order valence-electron chi connectivity index (χ3n) is 4.42. The van der Waals surface area contributed by atoms with E-state index in [0.29, 0.717) is 12.8 Å². The molecule has 1 saturated heterocycles. The van der Waals surface area contributed by atoms with Crippen molar-refractivity contribution < 1.29 is 9.47 Å². The number of nitrogens with two attached hydrogens (primary N) is 1.